The summed E-state index contributed by atoms with van der Waals surface area (Å²) < 4.78 is 0. The van der Waals surface area contributed by atoms with Gasteiger partial charge in [-0.2, -0.15) is 0 Å². The predicted molar refractivity (Wildman–Crippen MR) is 100 cm³/mol. The number of benzene rings is 1. The Kier molecular flexibility index (Phi) is 5.53. The van der Waals surface area contributed by atoms with Gasteiger partial charge in [-0.25, -0.2) is 0 Å². The average Bonchev–Trinajstić information content (AvgIpc) is 2.65. The van der Waals surface area contributed by atoms with E-state index >= 15 is 0 Å². The first-order valence-electron chi connectivity index (χ1n) is 9.24. The lowest BCUT2D eigenvalue weighted by atomic mass is 9.89. The van der Waals surface area contributed by atoms with Gasteiger partial charge in [0.1, 0.15) is 0 Å². The number of carbonyl (C=O) groups is 1. The van der Waals surface area contributed by atoms with Gasteiger partial charge < -0.3 is 15.2 Å². The fraction of sp³-hybridized carbons (Fsp3) is 0.500. The van der Waals surface area contributed by atoms with Crippen LogP contribution in [0.25, 0.3) is 10.9 Å². The Hall–Kier alpha value is -2.14. The van der Waals surface area contributed by atoms with Gasteiger partial charge in [-0.05, 0) is 29.9 Å². The van der Waals surface area contributed by atoms with Crippen molar-refractivity contribution in [3.63, 3.8) is 0 Å². The Balaban J connectivity index is 1.68. The standard InChI is InChI=1S/C20H27N3O2/c1-3-14-13-23(19(24)4-2)10-9-17(14)21-12-16-11-15-7-5-6-8-18(15)22-20(16)25/h5-8,11,14,17,21H,3-4,9-10,12-13H2,1-2H3,(H,22,25). The smallest absolute Gasteiger partial charge is 0.252 e. The van der Waals surface area contributed by atoms with Crippen molar-refractivity contribution in [1.82, 2.24) is 15.2 Å². The van der Waals surface area contributed by atoms with E-state index < -0.39 is 0 Å². The first-order valence-corrected chi connectivity index (χ1v) is 9.24. The lowest BCUT2D eigenvalue weighted by molar-refractivity contribution is -0.133. The van der Waals surface area contributed by atoms with Crippen LogP contribution in [0.2, 0.25) is 0 Å². The quantitative estimate of drug-likeness (QED) is 0.879. The van der Waals surface area contributed by atoms with Crippen LogP contribution in [0.5, 0.6) is 0 Å². The molecule has 1 aliphatic heterocycles. The number of nitrogens with zero attached hydrogens (tertiary/aromatic N) is 1. The van der Waals surface area contributed by atoms with Gasteiger partial charge in [0.15, 0.2) is 0 Å². The normalized spacial score (nSPS) is 20.8. The number of aromatic nitrogens is 1. The molecule has 0 bridgehead atoms. The number of rotatable bonds is 5. The zero-order valence-corrected chi connectivity index (χ0v) is 15.0. The molecule has 0 aliphatic carbocycles. The second-order valence-electron chi connectivity index (χ2n) is 6.85. The SMILES string of the molecule is CCC(=O)N1CCC(NCc2cc3ccccc3[nH]c2=O)C(CC)C1. The highest BCUT2D eigenvalue weighted by Gasteiger charge is 2.29. The molecule has 1 aliphatic rings. The van der Waals surface area contributed by atoms with Crippen LogP contribution >= 0.6 is 0 Å². The van der Waals surface area contributed by atoms with E-state index in [9.17, 15) is 9.59 Å². The molecule has 2 unspecified atom stereocenters. The van der Waals surface area contributed by atoms with Crippen LogP contribution in [0.4, 0.5) is 0 Å². The molecular formula is C20H27N3O2. The summed E-state index contributed by atoms with van der Waals surface area (Å²) in [4.78, 5) is 29.2. The molecule has 25 heavy (non-hydrogen) atoms. The third-order valence-electron chi connectivity index (χ3n) is 5.30. The first-order chi connectivity index (χ1) is 12.1. The summed E-state index contributed by atoms with van der Waals surface area (Å²) >= 11 is 0. The van der Waals surface area contributed by atoms with Crippen molar-refractivity contribution in [3.8, 4) is 0 Å². The number of para-hydroxylation sites is 1. The maximum absolute atomic E-state index is 12.3. The van der Waals surface area contributed by atoms with Crippen LogP contribution in [-0.4, -0.2) is 34.9 Å². The van der Waals surface area contributed by atoms with E-state index in [0.29, 0.717) is 24.9 Å². The molecule has 2 aromatic rings. The van der Waals surface area contributed by atoms with E-state index in [1.54, 1.807) is 0 Å². The fourth-order valence-corrected chi connectivity index (χ4v) is 3.73. The van der Waals surface area contributed by atoms with E-state index in [4.69, 9.17) is 0 Å². The third kappa shape index (κ3) is 3.93. The van der Waals surface area contributed by atoms with Crippen LogP contribution < -0.4 is 10.9 Å². The highest BCUT2D eigenvalue weighted by molar-refractivity contribution is 5.78. The number of nitrogens with one attached hydrogen (secondary N) is 2. The first kappa shape index (κ1) is 17.7. The van der Waals surface area contributed by atoms with E-state index in [1.165, 1.54) is 0 Å². The lowest BCUT2D eigenvalue weighted by Gasteiger charge is -2.38. The molecule has 0 spiro atoms. The van der Waals surface area contributed by atoms with Crippen molar-refractivity contribution < 1.29 is 4.79 Å². The van der Waals surface area contributed by atoms with Gasteiger partial charge in [-0.3, -0.25) is 9.59 Å². The highest BCUT2D eigenvalue weighted by Crippen LogP contribution is 2.21. The van der Waals surface area contributed by atoms with Gasteiger partial charge in [0.05, 0.1) is 0 Å². The predicted octanol–water partition coefficient (Wildman–Crippen LogP) is 2.65. The van der Waals surface area contributed by atoms with Crippen LogP contribution in [0.1, 0.15) is 38.7 Å². The van der Waals surface area contributed by atoms with E-state index in [0.717, 1.165) is 42.4 Å². The van der Waals surface area contributed by atoms with Crippen molar-refractivity contribution in [2.75, 3.05) is 13.1 Å². The molecule has 134 valence electrons. The number of likely N-dealkylation sites (tertiary alicyclic amines) is 1. The number of H-pyrrole nitrogens is 1. The van der Waals surface area contributed by atoms with Crippen LogP contribution in [0.3, 0.4) is 0 Å². The van der Waals surface area contributed by atoms with Gasteiger partial charge in [0.2, 0.25) is 5.91 Å². The van der Waals surface area contributed by atoms with Crippen molar-refractivity contribution in [2.45, 2.75) is 45.7 Å². The summed E-state index contributed by atoms with van der Waals surface area (Å²) in [6.07, 6.45) is 2.54. The minimum Gasteiger partial charge on any atom is -0.342 e. The summed E-state index contributed by atoms with van der Waals surface area (Å²) in [5.74, 6) is 0.673. The minimum absolute atomic E-state index is 0.0298. The van der Waals surface area contributed by atoms with Gasteiger partial charge >= 0.3 is 0 Å². The number of fused-ring (bicyclic) bond motifs is 1. The lowest BCUT2D eigenvalue weighted by Crippen LogP contribution is -2.50. The van der Waals surface area contributed by atoms with Gasteiger partial charge in [-0.15, -0.1) is 0 Å². The Morgan fingerprint density at radius 2 is 2.12 bits per heavy atom. The minimum atomic E-state index is -0.0298. The maximum Gasteiger partial charge on any atom is 0.252 e. The molecule has 2 atom stereocenters. The summed E-state index contributed by atoms with van der Waals surface area (Å²) in [7, 11) is 0. The van der Waals surface area contributed by atoms with Crippen molar-refractivity contribution in [1.29, 1.82) is 0 Å². The maximum atomic E-state index is 12.3. The summed E-state index contributed by atoms with van der Waals surface area (Å²) in [5.41, 5.74) is 1.60. The topological polar surface area (TPSA) is 65.2 Å². The zero-order valence-electron chi connectivity index (χ0n) is 15.0. The largest absolute Gasteiger partial charge is 0.342 e. The summed E-state index contributed by atoms with van der Waals surface area (Å²) in [5, 5.41) is 4.61. The van der Waals surface area contributed by atoms with Gasteiger partial charge in [0.25, 0.3) is 5.56 Å². The van der Waals surface area contributed by atoms with Crippen molar-refractivity contribution in [2.24, 2.45) is 5.92 Å². The van der Waals surface area contributed by atoms with Crippen molar-refractivity contribution in [3.05, 3.63) is 46.2 Å². The molecular weight excluding hydrogens is 314 g/mol. The van der Waals surface area contributed by atoms with E-state index in [-0.39, 0.29) is 11.5 Å². The van der Waals surface area contributed by atoms with Crippen molar-refractivity contribution >= 4 is 16.8 Å². The Morgan fingerprint density at radius 1 is 1.32 bits per heavy atom. The highest BCUT2D eigenvalue weighted by atomic mass is 16.2. The molecule has 0 radical (unpaired) electrons. The number of pyridine rings is 1. The number of aromatic amines is 1. The fourth-order valence-electron chi connectivity index (χ4n) is 3.73. The molecule has 1 aromatic carbocycles. The second kappa shape index (κ2) is 7.83. The molecule has 0 saturated carbocycles. The van der Waals surface area contributed by atoms with E-state index in [1.807, 2.05) is 42.2 Å². The molecule has 3 rings (SSSR count). The Morgan fingerprint density at radius 3 is 2.88 bits per heavy atom. The number of amides is 1. The zero-order chi connectivity index (χ0) is 17.8. The van der Waals surface area contributed by atoms with Crippen LogP contribution in [0, 0.1) is 5.92 Å². The molecule has 2 heterocycles. The number of carbonyl (C=O) groups excluding carboxylic acids is 1. The third-order valence-corrected chi connectivity index (χ3v) is 5.30. The number of piperidine rings is 1. The average molecular weight is 341 g/mol. The van der Waals surface area contributed by atoms with Gasteiger partial charge in [-0.1, -0.05) is 38.5 Å². The molecule has 1 saturated heterocycles. The molecule has 1 aromatic heterocycles. The number of hydrogen-bond acceptors (Lipinski definition) is 3. The molecule has 1 amide bonds. The number of hydrogen-bond donors (Lipinski definition) is 2. The second-order valence-corrected chi connectivity index (χ2v) is 6.85. The molecule has 2 N–H and O–H groups in total. The Bertz CT molecular complexity index is 799. The van der Waals surface area contributed by atoms with E-state index in [2.05, 4.69) is 17.2 Å². The summed E-state index contributed by atoms with van der Waals surface area (Å²) in [6, 6.07) is 10.1. The van der Waals surface area contributed by atoms with Crippen LogP contribution in [-0.2, 0) is 11.3 Å². The molecule has 5 nitrogen and oxygen atoms in total. The monoisotopic (exact) mass is 341 g/mol. The summed E-state index contributed by atoms with van der Waals surface area (Å²) in [6.45, 7) is 6.26. The molecule has 1 fully saturated rings. The van der Waals surface area contributed by atoms with Crippen LogP contribution in [0.15, 0.2) is 35.1 Å². The Labute approximate surface area is 148 Å². The van der Waals surface area contributed by atoms with Gasteiger partial charge in [0, 0.05) is 43.2 Å². The molecule has 5 heteroatoms.